The first-order valence-electron chi connectivity index (χ1n) is 7.96. The highest BCUT2D eigenvalue weighted by Gasteiger charge is 2.47. The molecule has 1 aromatic carbocycles. The van der Waals surface area contributed by atoms with Gasteiger partial charge in [-0.2, -0.15) is 0 Å². The van der Waals surface area contributed by atoms with E-state index in [0.717, 1.165) is 11.3 Å². The van der Waals surface area contributed by atoms with E-state index in [1.165, 1.54) is 6.20 Å². The van der Waals surface area contributed by atoms with E-state index in [1.807, 2.05) is 18.2 Å². The van der Waals surface area contributed by atoms with Crippen LogP contribution in [-0.2, 0) is 0 Å². The highest BCUT2D eigenvalue weighted by Crippen LogP contribution is 2.43. The molecule has 2 aromatic rings. The van der Waals surface area contributed by atoms with Crippen LogP contribution in [0.2, 0.25) is 16.6 Å². The third-order valence-electron chi connectivity index (χ3n) is 4.57. The lowest BCUT2D eigenvalue weighted by Gasteiger charge is -2.42. The predicted molar refractivity (Wildman–Crippen MR) is 94.0 cm³/mol. The predicted octanol–water partition coefficient (Wildman–Crippen LogP) is 4.48. The van der Waals surface area contributed by atoms with Crippen molar-refractivity contribution in [1.82, 2.24) is 9.97 Å². The number of nitrogens with one attached hydrogen (secondary N) is 1. The van der Waals surface area contributed by atoms with Crippen LogP contribution >= 0.6 is 0 Å². The maximum atomic E-state index is 11.6. The third kappa shape index (κ3) is 2.82. The molecule has 120 valence electrons. The van der Waals surface area contributed by atoms with E-state index in [2.05, 4.69) is 51.5 Å². The van der Waals surface area contributed by atoms with Gasteiger partial charge in [-0.3, -0.25) is 4.79 Å². The zero-order chi connectivity index (χ0) is 16.5. The van der Waals surface area contributed by atoms with Crippen LogP contribution in [0.25, 0.3) is 11.0 Å². The summed E-state index contributed by atoms with van der Waals surface area (Å²) in [5, 5.41) is 0. The molecule has 0 aliphatic heterocycles. The molecular formula is C17H26N2O2Si. The first-order chi connectivity index (χ1) is 10.3. The van der Waals surface area contributed by atoms with Gasteiger partial charge in [0.05, 0.1) is 11.7 Å². The molecule has 0 bridgehead atoms. The quantitative estimate of drug-likeness (QED) is 0.827. The minimum atomic E-state index is -2.05. The van der Waals surface area contributed by atoms with Crippen molar-refractivity contribution >= 4 is 19.4 Å². The molecule has 0 aliphatic carbocycles. The molecule has 0 amide bonds. The van der Waals surface area contributed by atoms with Crippen LogP contribution in [0, 0.1) is 0 Å². The number of rotatable bonds is 5. The van der Waals surface area contributed by atoms with Crippen molar-refractivity contribution < 1.29 is 4.43 Å². The molecular weight excluding hydrogens is 292 g/mol. The molecule has 1 N–H and O–H groups in total. The van der Waals surface area contributed by atoms with Crippen LogP contribution in [-0.4, -0.2) is 18.3 Å². The van der Waals surface area contributed by atoms with Crippen LogP contribution < -0.4 is 9.99 Å². The number of hydrogen-bond donors (Lipinski definition) is 1. The van der Waals surface area contributed by atoms with E-state index in [-0.39, 0.29) is 5.56 Å². The molecule has 0 saturated carbocycles. The van der Waals surface area contributed by atoms with Gasteiger partial charge < -0.3 is 9.41 Å². The number of H-pyrrole nitrogens is 1. The van der Waals surface area contributed by atoms with Crippen molar-refractivity contribution in [2.75, 3.05) is 0 Å². The van der Waals surface area contributed by atoms with Crippen LogP contribution in [0.4, 0.5) is 0 Å². The highest BCUT2D eigenvalue weighted by molar-refractivity contribution is 6.78. The van der Waals surface area contributed by atoms with E-state index >= 15 is 0 Å². The Balaban J connectivity index is 2.60. The summed E-state index contributed by atoms with van der Waals surface area (Å²) in [5.74, 6) is 0.755. The summed E-state index contributed by atoms with van der Waals surface area (Å²) in [6.45, 7) is 13.5. The first-order valence-corrected chi connectivity index (χ1v) is 10.1. The fraction of sp³-hybridized carbons (Fsp3) is 0.529. The zero-order valence-electron chi connectivity index (χ0n) is 14.3. The van der Waals surface area contributed by atoms with Gasteiger partial charge >= 0.3 is 0 Å². The average molecular weight is 318 g/mol. The van der Waals surface area contributed by atoms with Gasteiger partial charge in [-0.15, -0.1) is 0 Å². The van der Waals surface area contributed by atoms with Crippen molar-refractivity contribution in [2.45, 2.75) is 58.2 Å². The lowest BCUT2D eigenvalue weighted by atomic mass is 10.3. The van der Waals surface area contributed by atoms with Crippen molar-refractivity contribution in [3.8, 4) is 5.75 Å². The Bertz CT molecular complexity index is 685. The van der Waals surface area contributed by atoms with E-state index < -0.39 is 8.32 Å². The minimum absolute atomic E-state index is 0.200. The van der Waals surface area contributed by atoms with Crippen LogP contribution in [0.3, 0.4) is 0 Å². The summed E-state index contributed by atoms with van der Waals surface area (Å²) in [6, 6.07) is 5.76. The van der Waals surface area contributed by atoms with Crippen molar-refractivity contribution in [2.24, 2.45) is 0 Å². The Morgan fingerprint density at radius 3 is 2.18 bits per heavy atom. The molecule has 4 nitrogen and oxygen atoms in total. The second kappa shape index (κ2) is 6.24. The number of benzene rings is 1. The van der Waals surface area contributed by atoms with Gasteiger partial charge in [0.1, 0.15) is 11.3 Å². The smallest absolute Gasteiger partial charge is 0.266 e. The lowest BCUT2D eigenvalue weighted by molar-refractivity contribution is 0.483. The Morgan fingerprint density at radius 1 is 1.05 bits per heavy atom. The van der Waals surface area contributed by atoms with Gasteiger partial charge in [-0.1, -0.05) is 47.6 Å². The van der Waals surface area contributed by atoms with Gasteiger partial charge in [-0.05, 0) is 28.8 Å². The van der Waals surface area contributed by atoms with Gasteiger partial charge in [-0.25, -0.2) is 4.98 Å². The molecule has 0 aliphatic rings. The molecule has 5 heteroatoms. The van der Waals surface area contributed by atoms with Gasteiger partial charge in [0.2, 0.25) is 0 Å². The van der Waals surface area contributed by atoms with Crippen molar-refractivity contribution in [1.29, 1.82) is 0 Å². The van der Waals surface area contributed by atoms with Crippen LogP contribution in [0.15, 0.2) is 29.2 Å². The van der Waals surface area contributed by atoms with Gasteiger partial charge in [0.15, 0.2) is 0 Å². The Labute approximate surface area is 133 Å². The Hall–Kier alpha value is -1.62. The molecule has 0 saturated heterocycles. The standard InChI is InChI=1S/C17H26N2O2Si/c1-11(2)22(12(3)4,13(5)6)21-15-9-7-8-14-17(15)19-16(20)10-18-14/h7-13H,1-6H3,(H,19,20). The Morgan fingerprint density at radius 2 is 1.64 bits per heavy atom. The topological polar surface area (TPSA) is 55.0 Å². The second-order valence-corrected chi connectivity index (χ2v) is 12.2. The number of hydrogen-bond acceptors (Lipinski definition) is 3. The normalized spacial score (nSPS) is 12.6. The summed E-state index contributed by atoms with van der Waals surface area (Å²) in [4.78, 5) is 18.7. The minimum Gasteiger partial charge on any atom is -0.541 e. The molecule has 0 unspecified atom stereocenters. The Kier molecular flexibility index (Phi) is 4.75. The summed E-state index contributed by atoms with van der Waals surface area (Å²) in [5.41, 5.74) is 2.70. The summed E-state index contributed by atoms with van der Waals surface area (Å²) < 4.78 is 6.68. The van der Waals surface area contributed by atoms with E-state index in [4.69, 9.17) is 4.43 Å². The maximum absolute atomic E-state index is 11.6. The molecule has 2 rings (SSSR count). The number of fused-ring (bicyclic) bond motifs is 1. The van der Waals surface area contributed by atoms with Crippen molar-refractivity contribution in [3.05, 3.63) is 34.7 Å². The largest absolute Gasteiger partial charge is 0.541 e. The van der Waals surface area contributed by atoms with Gasteiger partial charge in [0, 0.05) is 0 Å². The third-order valence-corrected chi connectivity index (χ3v) is 10.6. The van der Waals surface area contributed by atoms with Crippen LogP contribution in [0.1, 0.15) is 41.5 Å². The monoisotopic (exact) mass is 318 g/mol. The van der Waals surface area contributed by atoms with Gasteiger partial charge in [0.25, 0.3) is 13.9 Å². The van der Waals surface area contributed by atoms with Crippen molar-refractivity contribution in [3.63, 3.8) is 0 Å². The number of para-hydroxylation sites is 1. The molecule has 1 aromatic heterocycles. The molecule has 0 fully saturated rings. The fourth-order valence-electron chi connectivity index (χ4n) is 3.67. The summed E-state index contributed by atoms with van der Waals surface area (Å²) >= 11 is 0. The van der Waals surface area contributed by atoms with E-state index in [9.17, 15) is 4.79 Å². The van der Waals surface area contributed by atoms with E-state index in [1.54, 1.807) is 0 Å². The number of aromatic amines is 1. The highest BCUT2D eigenvalue weighted by atomic mass is 28.4. The molecule has 0 spiro atoms. The number of nitrogens with zero attached hydrogens (tertiary/aromatic N) is 1. The second-order valence-electron chi connectivity index (χ2n) is 6.82. The molecule has 22 heavy (non-hydrogen) atoms. The maximum Gasteiger partial charge on any atom is 0.266 e. The summed E-state index contributed by atoms with van der Waals surface area (Å²) in [6.07, 6.45) is 1.31. The molecule has 1 heterocycles. The molecule has 0 atom stereocenters. The lowest BCUT2D eigenvalue weighted by Crippen LogP contribution is -2.50. The first kappa shape index (κ1) is 16.7. The van der Waals surface area contributed by atoms with E-state index in [0.29, 0.717) is 22.1 Å². The van der Waals surface area contributed by atoms with Crippen LogP contribution in [0.5, 0.6) is 5.75 Å². The SMILES string of the molecule is CC(C)[Si](Oc1cccc2ncc(=O)[nH]c12)(C(C)C)C(C)C. The zero-order valence-corrected chi connectivity index (χ0v) is 15.3. The average Bonchev–Trinajstić information content (AvgIpc) is 2.43. The summed E-state index contributed by atoms with van der Waals surface area (Å²) in [7, 11) is -2.05. The number of aromatic nitrogens is 2. The fourth-order valence-corrected chi connectivity index (χ4v) is 8.92. The molecule has 0 radical (unpaired) electrons.